The van der Waals surface area contributed by atoms with Crippen molar-refractivity contribution < 1.29 is 14.1 Å². The largest absolute Gasteiger partial charge is 0.336 e. The molecule has 5 nitrogen and oxygen atoms in total. The summed E-state index contributed by atoms with van der Waals surface area (Å²) in [5, 5.41) is 10.6. The third-order valence-corrected chi connectivity index (χ3v) is 2.84. The molecule has 1 aromatic carbocycles. The Hall–Kier alpha value is -1.98. The lowest BCUT2D eigenvalue weighted by molar-refractivity contribution is -0.387. The van der Waals surface area contributed by atoms with Gasteiger partial charge in [0.1, 0.15) is 0 Å². The minimum absolute atomic E-state index is 0.0249. The summed E-state index contributed by atoms with van der Waals surface area (Å²) in [4.78, 5) is 23.7. The van der Waals surface area contributed by atoms with Crippen LogP contribution in [0.25, 0.3) is 0 Å². The first kappa shape index (κ1) is 16.1. The van der Waals surface area contributed by atoms with Crippen LogP contribution < -0.4 is 0 Å². The quantitative estimate of drug-likeness (QED) is 0.615. The number of nitro benzene ring substituents is 1. The van der Waals surface area contributed by atoms with E-state index in [1.165, 1.54) is 6.07 Å². The number of nitrogens with zero attached hydrogens (tertiary/aromatic N) is 2. The highest BCUT2D eigenvalue weighted by atomic mass is 19.1. The fourth-order valence-corrected chi connectivity index (χ4v) is 1.88. The van der Waals surface area contributed by atoms with E-state index in [4.69, 9.17) is 0 Å². The van der Waals surface area contributed by atoms with Crippen molar-refractivity contribution in [1.29, 1.82) is 0 Å². The average Bonchev–Trinajstić information content (AvgIpc) is 2.34. The van der Waals surface area contributed by atoms with Crippen molar-refractivity contribution in [2.75, 3.05) is 6.54 Å². The predicted molar refractivity (Wildman–Crippen MR) is 74.1 cm³/mol. The summed E-state index contributed by atoms with van der Waals surface area (Å²) < 4.78 is 13.6. The number of nitro groups is 1. The topological polar surface area (TPSA) is 63.5 Å². The van der Waals surface area contributed by atoms with Crippen LogP contribution in [0.4, 0.5) is 10.1 Å². The van der Waals surface area contributed by atoms with Gasteiger partial charge in [0.2, 0.25) is 5.82 Å². The number of halogens is 1. The van der Waals surface area contributed by atoms with Crippen LogP contribution in [0.1, 0.15) is 38.1 Å². The van der Waals surface area contributed by atoms with Crippen LogP contribution in [0.3, 0.4) is 0 Å². The lowest BCUT2D eigenvalue weighted by Crippen LogP contribution is -2.39. The lowest BCUT2D eigenvalue weighted by Gasteiger charge is -2.28. The van der Waals surface area contributed by atoms with Crippen LogP contribution >= 0.6 is 0 Å². The molecular formula is C14H19FN2O3. The first-order valence-electron chi connectivity index (χ1n) is 6.49. The standard InChI is InChI=1S/C14H19FN2O3/c1-9(2)8-16(10(3)4)14(18)11-5-6-13(17(19)20)12(15)7-11/h5-7,9-10H,8H2,1-4H3. The molecule has 1 amide bonds. The Morgan fingerprint density at radius 2 is 1.95 bits per heavy atom. The van der Waals surface area contributed by atoms with E-state index in [-0.39, 0.29) is 23.4 Å². The minimum Gasteiger partial charge on any atom is -0.336 e. The van der Waals surface area contributed by atoms with Gasteiger partial charge in [-0.05, 0) is 31.9 Å². The van der Waals surface area contributed by atoms with Crippen molar-refractivity contribution in [3.8, 4) is 0 Å². The summed E-state index contributed by atoms with van der Waals surface area (Å²) in [6.07, 6.45) is 0. The molecular weight excluding hydrogens is 263 g/mol. The van der Waals surface area contributed by atoms with Gasteiger partial charge in [-0.15, -0.1) is 0 Å². The van der Waals surface area contributed by atoms with Crippen molar-refractivity contribution in [2.45, 2.75) is 33.7 Å². The minimum atomic E-state index is -0.992. The van der Waals surface area contributed by atoms with Gasteiger partial charge >= 0.3 is 5.69 Å². The zero-order valence-corrected chi connectivity index (χ0v) is 12.1. The van der Waals surface area contributed by atoms with E-state index in [2.05, 4.69) is 0 Å². The molecule has 0 spiro atoms. The van der Waals surface area contributed by atoms with Gasteiger partial charge in [-0.3, -0.25) is 14.9 Å². The molecule has 0 heterocycles. The molecule has 0 saturated heterocycles. The second-order valence-electron chi connectivity index (χ2n) is 5.37. The zero-order chi connectivity index (χ0) is 15.4. The van der Waals surface area contributed by atoms with Crippen LogP contribution in [-0.2, 0) is 0 Å². The van der Waals surface area contributed by atoms with Crippen molar-refractivity contribution >= 4 is 11.6 Å². The Morgan fingerprint density at radius 3 is 2.35 bits per heavy atom. The number of hydrogen-bond acceptors (Lipinski definition) is 3. The van der Waals surface area contributed by atoms with Gasteiger partial charge in [0.25, 0.3) is 5.91 Å². The molecule has 0 radical (unpaired) electrons. The molecule has 0 saturated carbocycles. The van der Waals surface area contributed by atoms with Crippen LogP contribution in [0.2, 0.25) is 0 Å². The summed E-state index contributed by atoms with van der Waals surface area (Å²) in [6, 6.07) is 3.22. The molecule has 1 rings (SSSR count). The molecule has 0 atom stereocenters. The molecule has 0 fully saturated rings. The maximum atomic E-state index is 13.6. The SMILES string of the molecule is CC(C)CN(C(=O)c1ccc([N+](=O)[O-])c(F)c1)C(C)C. The lowest BCUT2D eigenvalue weighted by atomic mass is 10.1. The summed E-state index contributed by atoms with van der Waals surface area (Å²) >= 11 is 0. The maximum absolute atomic E-state index is 13.6. The molecule has 0 aliphatic rings. The molecule has 110 valence electrons. The number of carbonyl (C=O) groups is 1. The van der Waals surface area contributed by atoms with E-state index in [1.807, 2.05) is 27.7 Å². The maximum Gasteiger partial charge on any atom is 0.304 e. The Bertz CT molecular complexity index is 515. The first-order chi connectivity index (χ1) is 9.23. The number of rotatable bonds is 5. The predicted octanol–water partition coefficient (Wildman–Crippen LogP) is 3.24. The average molecular weight is 282 g/mol. The zero-order valence-electron chi connectivity index (χ0n) is 12.1. The normalized spacial score (nSPS) is 10.9. The highest BCUT2D eigenvalue weighted by Gasteiger charge is 2.22. The van der Waals surface area contributed by atoms with Crippen molar-refractivity contribution in [3.05, 3.63) is 39.7 Å². The number of benzene rings is 1. The van der Waals surface area contributed by atoms with Gasteiger partial charge in [0, 0.05) is 24.2 Å². The molecule has 0 aliphatic carbocycles. The molecule has 0 bridgehead atoms. The van der Waals surface area contributed by atoms with Crippen molar-refractivity contribution in [1.82, 2.24) is 4.90 Å². The summed E-state index contributed by atoms with van der Waals surface area (Å²) in [7, 11) is 0. The number of amides is 1. The van der Waals surface area contributed by atoms with Gasteiger partial charge in [0.05, 0.1) is 4.92 Å². The molecule has 1 aromatic rings. The second kappa shape index (κ2) is 6.45. The van der Waals surface area contributed by atoms with E-state index in [0.717, 1.165) is 12.1 Å². The Balaban J connectivity index is 3.06. The highest BCUT2D eigenvalue weighted by Crippen LogP contribution is 2.20. The van der Waals surface area contributed by atoms with Gasteiger partial charge in [-0.25, -0.2) is 0 Å². The monoisotopic (exact) mass is 282 g/mol. The number of carbonyl (C=O) groups excluding carboxylic acids is 1. The van der Waals surface area contributed by atoms with E-state index < -0.39 is 16.4 Å². The Morgan fingerprint density at radius 1 is 1.35 bits per heavy atom. The third kappa shape index (κ3) is 3.76. The van der Waals surface area contributed by atoms with Crippen LogP contribution in [0, 0.1) is 21.8 Å². The van der Waals surface area contributed by atoms with E-state index in [1.54, 1.807) is 4.90 Å². The van der Waals surface area contributed by atoms with E-state index in [0.29, 0.717) is 6.54 Å². The summed E-state index contributed by atoms with van der Waals surface area (Å²) in [6.45, 7) is 8.28. The van der Waals surface area contributed by atoms with Crippen LogP contribution in [-0.4, -0.2) is 28.3 Å². The van der Waals surface area contributed by atoms with Crippen LogP contribution in [0.5, 0.6) is 0 Å². The van der Waals surface area contributed by atoms with Crippen LogP contribution in [0.15, 0.2) is 18.2 Å². The molecule has 0 N–H and O–H groups in total. The van der Waals surface area contributed by atoms with Gasteiger partial charge in [-0.1, -0.05) is 13.8 Å². The Labute approximate surface area is 117 Å². The third-order valence-electron chi connectivity index (χ3n) is 2.84. The molecule has 20 heavy (non-hydrogen) atoms. The van der Waals surface area contributed by atoms with E-state index in [9.17, 15) is 19.3 Å². The molecule has 0 aromatic heterocycles. The first-order valence-corrected chi connectivity index (χ1v) is 6.49. The highest BCUT2D eigenvalue weighted by molar-refractivity contribution is 5.94. The fraction of sp³-hybridized carbons (Fsp3) is 0.500. The van der Waals surface area contributed by atoms with Gasteiger partial charge < -0.3 is 4.90 Å². The molecule has 6 heteroatoms. The molecule has 0 unspecified atom stereocenters. The smallest absolute Gasteiger partial charge is 0.304 e. The van der Waals surface area contributed by atoms with Gasteiger partial charge in [0.15, 0.2) is 0 Å². The van der Waals surface area contributed by atoms with Gasteiger partial charge in [-0.2, -0.15) is 4.39 Å². The fourth-order valence-electron chi connectivity index (χ4n) is 1.88. The second-order valence-corrected chi connectivity index (χ2v) is 5.37. The number of hydrogen-bond donors (Lipinski definition) is 0. The summed E-state index contributed by atoms with van der Waals surface area (Å²) in [5.41, 5.74) is -0.496. The van der Waals surface area contributed by atoms with Crippen molar-refractivity contribution in [3.63, 3.8) is 0 Å². The Kier molecular flexibility index (Phi) is 5.19. The van der Waals surface area contributed by atoms with Crippen molar-refractivity contribution in [2.24, 2.45) is 5.92 Å². The summed E-state index contributed by atoms with van der Waals surface area (Å²) in [5.74, 6) is -1.03. The van der Waals surface area contributed by atoms with E-state index >= 15 is 0 Å². The molecule has 0 aliphatic heterocycles.